The van der Waals surface area contributed by atoms with Crippen molar-refractivity contribution in [3.63, 3.8) is 0 Å². The first-order chi connectivity index (χ1) is 9.22. The lowest BCUT2D eigenvalue weighted by molar-refractivity contribution is -0.119. The molecule has 0 spiro atoms. The van der Waals surface area contributed by atoms with Crippen molar-refractivity contribution in [1.82, 2.24) is 4.72 Å². The lowest BCUT2D eigenvalue weighted by Crippen LogP contribution is -2.42. The van der Waals surface area contributed by atoms with E-state index in [0.29, 0.717) is 24.1 Å². The maximum absolute atomic E-state index is 12.4. The third-order valence-electron chi connectivity index (χ3n) is 3.11. The van der Waals surface area contributed by atoms with Crippen molar-refractivity contribution in [3.05, 3.63) is 23.3 Å². The van der Waals surface area contributed by atoms with Crippen LogP contribution in [0.5, 0.6) is 0 Å². The van der Waals surface area contributed by atoms with Gasteiger partial charge in [0, 0.05) is 5.69 Å². The Balaban J connectivity index is 3.36. The predicted molar refractivity (Wildman–Crippen MR) is 78.6 cm³/mol. The van der Waals surface area contributed by atoms with Crippen molar-refractivity contribution >= 4 is 21.6 Å². The molecule has 1 aromatic rings. The van der Waals surface area contributed by atoms with Gasteiger partial charge in [-0.1, -0.05) is 13.8 Å². The third kappa shape index (κ3) is 3.49. The SMILES string of the molecule is CCc1cc(N)c(CC)c(S(=O)(=O)NC(C)C(N)=O)c1. The molecular weight excluding hydrogens is 278 g/mol. The van der Waals surface area contributed by atoms with E-state index < -0.39 is 22.0 Å². The second-order valence-corrected chi connectivity index (χ2v) is 6.30. The smallest absolute Gasteiger partial charge is 0.241 e. The van der Waals surface area contributed by atoms with E-state index in [1.807, 2.05) is 13.8 Å². The van der Waals surface area contributed by atoms with Crippen LogP contribution in [0.15, 0.2) is 17.0 Å². The van der Waals surface area contributed by atoms with Crippen molar-refractivity contribution in [3.8, 4) is 0 Å². The van der Waals surface area contributed by atoms with E-state index in [1.54, 1.807) is 12.1 Å². The molecule has 0 aliphatic heterocycles. The van der Waals surface area contributed by atoms with Gasteiger partial charge in [0.25, 0.3) is 0 Å². The number of nitrogens with two attached hydrogens (primary N) is 2. The largest absolute Gasteiger partial charge is 0.398 e. The molecule has 5 N–H and O–H groups in total. The molecule has 1 atom stereocenters. The molecule has 112 valence electrons. The molecule has 1 amide bonds. The van der Waals surface area contributed by atoms with Crippen LogP contribution in [-0.2, 0) is 27.7 Å². The molecule has 0 aromatic heterocycles. The van der Waals surface area contributed by atoms with Crippen molar-refractivity contribution < 1.29 is 13.2 Å². The molecule has 0 heterocycles. The van der Waals surface area contributed by atoms with Crippen LogP contribution in [0, 0.1) is 0 Å². The number of primary amides is 1. The molecule has 6 nitrogen and oxygen atoms in total. The average Bonchev–Trinajstić information content (AvgIpc) is 2.36. The van der Waals surface area contributed by atoms with Gasteiger partial charge in [0.2, 0.25) is 15.9 Å². The summed E-state index contributed by atoms with van der Waals surface area (Å²) >= 11 is 0. The van der Waals surface area contributed by atoms with Crippen LogP contribution in [0.2, 0.25) is 0 Å². The summed E-state index contributed by atoms with van der Waals surface area (Å²) in [7, 11) is -3.83. The Morgan fingerprint density at radius 1 is 1.30 bits per heavy atom. The fourth-order valence-electron chi connectivity index (χ4n) is 1.90. The Bertz CT molecular complexity index is 612. The summed E-state index contributed by atoms with van der Waals surface area (Å²) in [6.07, 6.45) is 1.15. The summed E-state index contributed by atoms with van der Waals surface area (Å²) in [6.45, 7) is 5.14. The number of nitrogens with one attached hydrogen (secondary N) is 1. The normalized spacial score (nSPS) is 13.2. The quantitative estimate of drug-likeness (QED) is 0.665. The van der Waals surface area contributed by atoms with Gasteiger partial charge in [-0.25, -0.2) is 8.42 Å². The molecule has 0 aliphatic carbocycles. The molecule has 0 bridgehead atoms. The molecule has 0 saturated carbocycles. The van der Waals surface area contributed by atoms with Gasteiger partial charge in [0.15, 0.2) is 0 Å². The minimum Gasteiger partial charge on any atom is -0.398 e. The third-order valence-corrected chi connectivity index (χ3v) is 4.72. The summed E-state index contributed by atoms with van der Waals surface area (Å²) in [5.41, 5.74) is 12.8. The zero-order valence-corrected chi connectivity index (χ0v) is 12.8. The average molecular weight is 299 g/mol. The minimum absolute atomic E-state index is 0.116. The van der Waals surface area contributed by atoms with Gasteiger partial charge >= 0.3 is 0 Å². The number of nitrogen functional groups attached to an aromatic ring is 1. The number of benzene rings is 1. The summed E-state index contributed by atoms with van der Waals surface area (Å²) in [4.78, 5) is 11.1. The van der Waals surface area contributed by atoms with Crippen molar-refractivity contribution in [1.29, 1.82) is 0 Å². The molecule has 1 rings (SSSR count). The number of rotatable bonds is 6. The van der Waals surface area contributed by atoms with Crippen LogP contribution >= 0.6 is 0 Å². The van der Waals surface area contributed by atoms with Gasteiger partial charge < -0.3 is 11.5 Å². The van der Waals surface area contributed by atoms with Gasteiger partial charge in [-0.05, 0) is 43.0 Å². The molecule has 0 radical (unpaired) electrons. The van der Waals surface area contributed by atoms with E-state index in [0.717, 1.165) is 5.56 Å². The number of anilines is 1. The number of hydrogen-bond donors (Lipinski definition) is 3. The topological polar surface area (TPSA) is 115 Å². The lowest BCUT2D eigenvalue weighted by atomic mass is 10.1. The Labute approximate surface area is 119 Å². The van der Waals surface area contributed by atoms with E-state index >= 15 is 0 Å². The molecule has 1 aromatic carbocycles. The van der Waals surface area contributed by atoms with Crippen LogP contribution in [0.25, 0.3) is 0 Å². The monoisotopic (exact) mass is 299 g/mol. The van der Waals surface area contributed by atoms with Crippen molar-refractivity contribution in [2.24, 2.45) is 5.73 Å². The van der Waals surface area contributed by atoms with E-state index in [-0.39, 0.29) is 4.90 Å². The first-order valence-corrected chi connectivity index (χ1v) is 7.94. The zero-order chi connectivity index (χ0) is 15.5. The van der Waals surface area contributed by atoms with E-state index in [9.17, 15) is 13.2 Å². The highest BCUT2D eigenvalue weighted by Crippen LogP contribution is 2.25. The molecule has 20 heavy (non-hydrogen) atoms. The molecule has 0 saturated heterocycles. The second-order valence-electron chi connectivity index (χ2n) is 4.61. The Morgan fingerprint density at radius 3 is 2.35 bits per heavy atom. The van der Waals surface area contributed by atoms with Crippen LogP contribution < -0.4 is 16.2 Å². The molecule has 0 fully saturated rings. The fraction of sp³-hybridized carbons (Fsp3) is 0.462. The summed E-state index contributed by atoms with van der Waals surface area (Å²) in [5.74, 6) is -0.730. The highest BCUT2D eigenvalue weighted by molar-refractivity contribution is 7.89. The Kier molecular flexibility index (Phi) is 5.13. The number of sulfonamides is 1. The number of amides is 1. The van der Waals surface area contributed by atoms with Gasteiger partial charge in [-0.2, -0.15) is 4.72 Å². The van der Waals surface area contributed by atoms with Gasteiger partial charge in [-0.15, -0.1) is 0 Å². The number of hydrogen-bond acceptors (Lipinski definition) is 4. The Hall–Kier alpha value is -1.60. The predicted octanol–water partition coefficient (Wildman–Crippen LogP) is 0.546. The standard InChI is InChI=1S/C13H21N3O3S/c1-4-9-6-11(14)10(5-2)12(7-9)20(18,19)16-8(3)13(15)17/h6-8,16H,4-5,14H2,1-3H3,(H2,15,17). The molecular formula is C13H21N3O3S. The highest BCUT2D eigenvalue weighted by Gasteiger charge is 2.24. The maximum atomic E-state index is 12.4. The first-order valence-electron chi connectivity index (χ1n) is 6.45. The molecule has 1 unspecified atom stereocenters. The van der Waals surface area contributed by atoms with E-state index in [4.69, 9.17) is 11.5 Å². The zero-order valence-electron chi connectivity index (χ0n) is 11.9. The van der Waals surface area contributed by atoms with Crippen molar-refractivity contribution in [2.75, 3.05) is 5.73 Å². The minimum atomic E-state index is -3.83. The van der Waals surface area contributed by atoms with Crippen LogP contribution in [0.1, 0.15) is 31.9 Å². The van der Waals surface area contributed by atoms with E-state index in [2.05, 4.69) is 4.72 Å². The first kappa shape index (κ1) is 16.5. The summed E-state index contributed by atoms with van der Waals surface area (Å²) in [6, 6.07) is 2.39. The maximum Gasteiger partial charge on any atom is 0.241 e. The van der Waals surface area contributed by atoms with Gasteiger partial charge in [0.1, 0.15) is 0 Å². The van der Waals surface area contributed by atoms with Crippen LogP contribution in [0.4, 0.5) is 5.69 Å². The number of aryl methyl sites for hydroxylation is 1. The fourth-order valence-corrected chi connectivity index (χ4v) is 3.50. The summed E-state index contributed by atoms with van der Waals surface area (Å²) < 4.78 is 27.0. The lowest BCUT2D eigenvalue weighted by Gasteiger charge is -2.16. The second kappa shape index (κ2) is 6.23. The van der Waals surface area contributed by atoms with Crippen molar-refractivity contribution in [2.45, 2.75) is 44.6 Å². The highest BCUT2D eigenvalue weighted by atomic mass is 32.2. The Morgan fingerprint density at radius 2 is 1.90 bits per heavy atom. The van der Waals surface area contributed by atoms with Crippen LogP contribution in [-0.4, -0.2) is 20.4 Å². The van der Waals surface area contributed by atoms with Gasteiger partial charge in [-0.3, -0.25) is 4.79 Å². The molecule has 7 heteroatoms. The summed E-state index contributed by atoms with van der Waals surface area (Å²) in [5, 5.41) is 0. The number of carbonyl (C=O) groups is 1. The number of carbonyl (C=O) groups excluding carboxylic acids is 1. The van der Waals surface area contributed by atoms with Gasteiger partial charge in [0.05, 0.1) is 10.9 Å². The molecule has 0 aliphatic rings. The van der Waals surface area contributed by atoms with E-state index in [1.165, 1.54) is 6.92 Å². The van der Waals surface area contributed by atoms with Crippen LogP contribution in [0.3, 0.4) is 0 Å².